The molecule has 2 nitrogen and oxygen atoms in total. The first-order valence-electron chi connectivity index (χ1n) is 6.11. The van der Waals surface area contributed by atoms with Crippen LogP contribution in [0.15, 0.2) is 22.7 Å². The summed E-state index contributed by atoms with van der Waals surface area (Å²) in [6.45, 7) is 8.29. The highest BCUT2D eigenvalue weighted by Gasteiger charge is 2.10. The average Bonchev–Trinajstić information content (AvgIpc) is 2.27. The highest BCUT2D eigenvalue weighted by molar-refractivity contribution is 9.10. The van der Waals surface area contributed by atoms with E-state index in [9.17, 15) is 0 Å². The first kappa shape index (κ1) is 14.5. The molecule has 1 N–H and O–H groups in total. The molecule has 0 bridgehead atoms. The summed E-state index contributed by atoms with van der Waals surface area (Å²) >= 11 is 3.50. The molecule has 96 valence electrons. The van der Waals surface area contributed by atoms with Crippen LogP contribution < -0.4 is 10.1 Å². The van der Waals surface area contributed by atoms with Crippen molar-refractivity contribution in [3.05, 3.63) is 28.2 Å². The molecule has 1 rings (SSSR count). The zero-order chi connectivity index (χ0) is 12.8. The molecule has 0 spiro atoms. The zero-order valence-electron chi connectivity index (χ0n) is 11.1. The van der Waals surface area contributed by atoms with Crippen LogP contribution >= 0.6 is 15.9 Å². The number of hydrogen-bond donors (Lipinski definition) is 1. The molecule has 0 aromatic heterocycles. The SMILES string of the molecule is CNCC(C)COc1ccc(Br)cc1C(C)C. The standard InChI is InChI=1S/C14H22BrNO/c1-10(2)13-7-12(15)5-6-14(13)17-9-11(3)8-16-4/h5-7,10-11,16H,8-9H2,1-4H3. The van der Waals surface area contributed by atoms with Gasteiger partial charge in [0.15, 0.2) is 0 Å². The van der Waals surface area contributed by atoms with E-state index < -0.39 is 0 Å². The lowest BCUT2D eigenvalue weighted by Gasteiger charge is -2.17. The van der Waals surface area contributed by atoms with Crippen LogP contribution in [0.25, 0.3) is 0 Å². The topological polar surface area (TPSA) is 21.3 Å². The molecule has 0 radical (unpaired) electrons. The lowest BCUT2D eigenvalue weighted by Crippen LogP contribution is -2.22. The average molecular weight is 300 g/mol. The summed E-state index contributed by atoms with van der Waals surface area (Å²) in [6.07, 6.45) is 0. The minimum absolute atomic E-state index is 0.474. The van der Waals surface area contributed by atoms with Crippen molar-refractivity contribution in [1.82, 2.24) is 5.32 Å². The van der Waals surface area contributed by atoms with Crippen molar-refractivity contribution in [2.45, 2.75) is 26.7 Å². The second-order valence-corrected chi connectivity index (χ2v) is 5.73. The number of nitrogens with one attached hydrogen (secondary N) is 1. The Morgan fingerprint density at radius 2 is 2.00 bits per heavy atom. The van der Waals surface area contributed by atoms with Gasteiger partial charge in [0, 0.05) is 16.9 Å². The second kappa shape index (κ2) is 7.02. The van der Waals surface area contributed by atoms with Crippen LogP contribution in [-0.4, -0.2) is 20.2 Å². The van der Waals surface area contributed by atoms with Gasteiger partial charge in [0.1, 0.15) is 5.75 Å². The quantitative estimate of drug-likeness (QED) is 0.862. The summed E-state index contributed by atoms with van der Waals surface area (Å²) < 4.78 is 7.02. The number of hydrogen-bond acceptors (Lipinski definition) is 2. The van der Waals surface area contributed by atoms with Crippen LogP contribution in [0.3, 0.4) is 0 Å². The Bertz CT molecular complexity index is 352. The van der Waals surface area contributed by atoms with Gasteiger partial charge in [0.25, 0.3) is 0 Å². The number of ether oxygens (including phenoxy) is 1. The minimum atomic E-state index is 0.474. The van der Waals surface area contributed by atoms with E-state index in [4.69, 9.17) is 4.74 Å². The Hall–Kier alpha value is -0.540. The highest BCUT2D eigenvalue weighted by Crippen LogP contribution is 2.29. The molecule has 1 unspecified atom stereocenters. The molecule has 0 fully saturated rings. The molecule has 0 aliphatic heterocycles. The van der Waals surface area contributed by atoms with Crippen molar-refractivity contribution < 1.29 is 4.74 Å². The summed E-state index contributed by atoms with van der Waals surface area (Å²) in [5.74, 6) is 2.00. The molecule has 0 saturated heterocycles. The van der Waals surface area contributed by atoms with Gasteiger partial charge < -0.3 is 10.1 Å². The molecule has 0 saturated carbocycles. The third-order valence-electron chi connectivity index (χ3n) is 2.67. The van der Waals surface area contributed by atoms with Gasteiger partial charge in [-0.15, -0.1) is 0 Å². The minimum Gasteiger partial charge on any atom is -0.493 e. The summed E-state index contributed by atoms with van der Waals surface area (Å²) in [7, 11) is 1.97. The van der Waals surface area contributed by atoms with Crippen molar-refractivity contribution in [2.24, 2.45) is 5.92 Å². The Morgan fingerprint density at radius 3 is 2.59 bits per heavy atom. The van der Waals surface area contributed by atoms with Gasteiger partial charge in [-0.1, -0.05) is 36.7 Å². The van der Waals surface area contributed by atoms with Crippen molar-refractivity contribution in [3.63, 3.8) is 0 Å². The fraction of sp³-hybridized carbons (Fsp3) is 0.571. The van der Waals surface area contributed by atoms with E-state index in [1.807, 2.05) is 19.2 Å². The normalized spacial score (nSPS) is 12.8. The summed E-state index contributed by atoms with van der Waals surface area (Å²) in [5, 5.41) is 3.16. The van der Waals surface area contributed by atoms with Crippen molar-refractivity contribution in [3.8, 4) is 5.75 Å². The van der Waals surface area contributed by atoms with Crippen molar-refractivity contribution in [2.75, 3.05) is 20.2 Å². The number of halogens is 1. The van der Waals surface area contributed by atoms with Gasteiger partial charge >= 0.3 is 0 Å². The molecule has 3 heteroatoms. The van der Waals surface area contributed by atoms with E-state index in [0.29, 0.717) is 11.8 Å². The van der Waals surface area contributed by atoms with Gasteiger partial charge in [0.2, 0.25) is 0 Å². The van der Waals surface area contributed by atoms with E-state index in [1.165, 1.54) is 5.56 Å². The van der Waals surface area contributed by atoms with Crippen LogP contribution in [0, 0.1) is 5.92 Å². The second-order valence-electron chi connectivity index (χ2n) is 4.81. The molecule has 0 amide bonds. The fourth-order valence-corrected chi connectivity index (χ4v) is 2.12. The van der Waals surface area contributed by atoms with E-state index in [-0.39, 0.29) is 0 Å². The third-order valence-corrected chi connectivity index (χ3v) is 3.16. The molecule has 0 aliphatic carbocycles. The fourth-order valence-electron chi connectivity index (χ4n) is 1.74. The van der Waals surface area contributed by atoms with Crippen molar-refractivity contribution >= 4 is 15.9 Å². The monoisotopic (exact) mass is 299 g/mol. The first-order valence-corrected chi connectivity index (χ1v) is 6.90. The summed E-state index contributed by atoms with van der Waals surface area (Å²) in [5.41, 5.74) is 1.26. The molecule has 1 aromatic rings. The molecular formula is C14H22BrNO. The lowest BCUT2D eigenvalue weighted by molar-refractivity contribution is 0.255. The maximum atomic E-state index is 5.91. The zero-order valence-corrected chi connectivity index (χ0v) is 12.7. The van der Waals surface area contributed by atoms with E-state index in [1.54, 1.807) is 0 Å². The lowest BCUT2D eigenvalue weighted by atomic mass is 10.0. The van der Waals surface area contributed by atoms with Crippen molar-refractivity contribution in [1.29, 1.82) is 0 Å². The molecule has 0 aliphatic rings. The van der Waals surface area contributed by atoms with Gasteiger partial charge in [-0.3, -0.25) is 0 Å². The van der Waals surface area contributed by atoms with E-state index in [2.05, 4.69) is 48.1 Å². The largest absolute Gasteiger partial charge is 0.493 e. The Labute approximate surface area is 113 Å². The number of benzene rings is 1. The van der Waals surface area contributed by atoms with Gasteiger partial charge in [0.05, 0.1) is 6.61 Å². The maximum absolute atomic E-state index is 5.91. The van der Waals surface area contributed by atoms with Crippen LogP contribution in [-0.2, 0) is 0 Å². The molecule has 0 heterocycles. The predicted octanol–water partition coefficient (Wildman–Crippen LogP) is 3.81. The molecular weight excluding hydrogens is 278 g/mol. The van der Waals surface area contributed by atoms with Crippen LogP contribution in [0.4, 0.5) is 0 Å². The predicted molar refractivity (Wildman–Crippen MR) is 76.8 cm³/mol. The maximum Gasteiger partial charge on any atom is 0.122 e. The van der Waals surface area contributed by atoms with Gasteiger partial charge in [-0.05, 0) is 36.7 Å². The number of rotatable bonds is 6. The van der Waals surface area contributed by atoms with Gasteiger partial charge in [-0.25, -0.2) is 0 Å². The van der Waals surface area contributed by atoms with Crippen LogP contribution in [0.1, 0.15) is 32.3 Å². The Morgan fingerprint density at radius 1 is 1.29 bits per heavy atom. The Kier molecular flexibility index (Phi) is 6.00. The van der Waals surface area contributed by atoms with Crippen LogP contribution in [0.2, 0.25) is 0 Å². The van der Waals surface area contributed by atoms with E-state index in [0.717, 1.165) is 23.4 Å². The molecule has 17 heavy (non-hydrogen) atoms. The van der Waals surface area contributed by atoms with E-state index >= 15 is 0 Å². The van der Waals surface area contributed by atoms with Crippen LogP contribution in [0.5, 0.6) is 5.75 Å². The summed E-state index contributed by atoms with van der Waals surface area (Å²) in [4.78, 5) is 0. The first-order chi connectivity index (χ1) is 8.04. The smallest absolute Gasteiger partial charge is 0.122 e. The molecule has 1 atom stereocenters. The third kappa shape index (κ3) is 4.68. The summed E-state index contributed by atoms with van der Waals surface area (Å²) in [6, 6.07) is 6.22. The Balaban J connectivity index is 2.70. The highest BCUT2D eigenvalue weighted by atomic mass is 79.9. The molecule has 1 aromatic carbocycles. The van der Waals surface area contributed by atoms with Gasteiger partial charge in [-0.2, -0.15) is 0 Å².